The highest BCUT2D eigenvalue weighted by molar-refractivity contribution is 8.02. The Kier molecular flexibility index (Phi) is 2.20. The van der Waals surface area contributed by atoms with E-state index in [0.717, 1.165) is 11.8 Å². The summed E-state index contributed by atoms with van der Waals surface area (Å²) in [4.78, 5) is 3.36. The van der Waals surface area contributed by atoms with E-state index in [-0.39, 0.29) is 0 Å². The van der Waals surface area contributed by atoms with Crippen LogP contribution in [0.4, 0.5) is 13.2 Å². The number of nitrogens with zero attached hydrogens (tertiary/aromatic N) is 1. The predicted octanol–water partition coefficient (Wildman–Crippen LogP) is 1.79. The fourth-order valence-electron chi connectivity index (χ4n) is 0.415. The van der Waals surface area contributed by atoms with Crippen molar-refractivity contribution < 1.29 is 17.9 Å². The molecule has 0 saturated heterocycles. The van der Waals surface area contributed by atoms with Crippen molar-refractivity contribution in [1.29, 1.82) is 0 Å². The summed E-state index contributed by atoms with van der Waals surface area (Å²) in [7, 11) is 0. The van der Waals surface area contributed by atoms with E-state index in [2.05, 4.69) is 9.73 Å². The second-order valence-corrected chi connectivity index (χ2v) is 2.39. The number of rotatable bonds is 1. The van der Waals surface area contributed by atoms with Gasteiger partial charge in [-0.25, -0.2) is 0 Å². The summed E-state index contributed by atoms with van der Waals surface area (Å²) in [5.74, 6) is 1.44. The molecule has 1 unspecified atom stereocenters. The number of hydrogen-bond donors (Lipinski definition) is 0. The highest BCUT2D eigenvalue weighted by Gasteiger charge is 2.34. The largest absolute Gasteiger partial charge is 0.525 e. The molecule has 0 aliphatic carbocycles. The highest BCUT2D eigenvalue weighted by Crippen LogP contribution is 2.28. The Morgan fingerprint density at radius 3 is 2.60 bits per heavy atom. The first-order valence-electron chi connectivity index (χ1n) is 2.33. The fraction of sp³-hybridized carbons (Fsp3) is 0.500. The minimum Gasteiger partial charge on any atom is -0.256 e. The van der Waals surface area contributed by atoms with Crippen LogP contribution >= 0.6 is 11.8 Å². The maximum Gasteiger partial charge on any atom is 0.525 e. The number of halogens is 3. The smallest absolute Gasteiger partial charge is 0.256 e. The third-order valence-electron chi connectivity index (χ3n) is 0.698. The van der Waals surface area contributed by atoms with Crippen LogP contribution in [0.2, 0.25) is 0 Å². The Bertz CT molecular complexity index is 146. The molecule has 1 atom stereocenters. The van der Waals surface area contributed by atoms with Crippen molar-refractivity contribution in [3.63, 3.8) is 0 Å². The zero-order chi connectivity index (χ0) is 7.61. The molecule has 1 aliphatic heterocycles. The van der Waals surface area contributed by atoms with Crippen molar-refractivity contribution in [3.05, 3.63) is 5.75 Å². The lowest BCUT2D eigenvalue weighted by molar-refractivity contribution is -0.329. The molecule has 0 aromatic heterocycles. The van der Waals surface area contributed by atoms with E-state index in [0.29, 0.717) is 0 Å². The molecule has 0 bridgehead atoms. The highest BCUT2D eigenvalue weighted by atomic mass is 32.2. The molecule has 0 fully saturated rings. The van der Waals surface area contributed by atoms with E-state index in [4.69, 9.17) is 0 Å². The second-order valence-electron chi connectivity index (χ2n) is 1.44. The van der Waals surface area contributed by atoms with Crippen molar-refractivity contribution in [2.75, 3.05) is 0 Å². The summed E-state index contributed by atoms with van der Waals surface area (Å²) in [5, 5.41) is 0. The van der Waals surface area contributed by atoms with Gasteiger partial charge >= 0.3 is 6.36 Å². The zero-order valence-electron chi connectivity index (χ0n) is 4.63. The van der Waals surface area contributed by atoms with Crippen LogP contribution in [-0.4, -0.2) is 18.1 Å². The summed E-state index contributed by atoms with van der Waals surface area (Å²) >= 11 is 0.880. The maximum atomic E-state index is 11.4. The number of aliphatic imine (C=N–C) groups is 1. The first-order valence-corrected chi connectivity index (χ1v) is 3.27. The molecule has 10 heavy (non-hydrogen) atoms. The normalized spacial score (nSPS) is 25.7. The minimum atomic E-state index is -4.59. The van der Waals surface area contributed by atoms with Gasteiger partial charge in [-0.1, -0.05) is 11.8 Å². The van der Waals surface area contributed by atoms with Crippen molar-refractivity contribution in [3.8, 4) is 0 Å². The van der Waals surface area contributed by atoms with Crippen molar-refractivity contribution in [2.24, 2.45) is 4.99 Å². The lowest BCUT2D eigenvalue weighted by Crippen LogP contribution is -2.18. The average molecular weight is 170 g/mol. The van der Waals surface area contributed by atoms with E-state index in [1.165, 1.54) is 12.0 Å². The van der Waals surface area contributed by atoms with Crippen LogP contribution in [-0.2, 0) is 4.74 Å². The lowest BCUT2D eigenvalue weighted by atomic mass is 10.9. The number of hydrogen-bond acceptors (Lipinski definition) is 3. The summed E-state index contributed by atoms with van der Waals surface area (Å²) in [6.45, 7) is 0. The van der Waals surface area contributed by atoms with Gasteiger partial charge in [-0.05, 0) is 0 Å². The quantitative estimate of drug-likeness (QED) is 0.598. The van der Waals surface area contributed by atoms with Gasteiger partial charge < -0.3 is 0 Å². The topological polar surface area (TPSA) is 21.6 Å². The molecule has 0 aromatic carbocycles. The monoisotopic (exact) mass is 170 g/mol. The van der Waals surface area contributed by atoms with Crippen molar-refractivity contribution in [2.45, 2.75) is 11.9 Å². The molecule has 0 N–H and O–H groups in total. The standard InChI is InChI=1S/C4H3F3NOS/c5-4(6,7)9-3-8-1-2-10-3/h1-3H. The zero-order valence-corrected chi connectivity index (χ0v) is 5.45. The molecule has 0 amide bonds. The van der Waals surface area contributed by atoms with Crippen LogP contribution in [0.1, 0.15) is 0 Å². The first kappa shape index (κ1) is 7.87. The minimum absolute atomic E-state index is 0.880. The molecular formula is C4H3F3NOS. The van der Waals surface area contributed by atoms with E-state index in [1.54, 1.807) is 0 Å². The molecule has 2 nitrogen and oxygen atoms in total. The third kappa shape index (κ3) is 2.57. The Morgan fingerprint density at radius 1 is 1.50 bits per heavy atom. The average Bonchev–Trinajstić information content (AvgIpc) is 2.12. The third-order valence-corrected chi connectivity index (χ3v) is 1.43. The molecule has 57 valence electrons. The van der Waals surface area contributed by atoms with E-state index in [1.807, 2.05) is 0 Å². The predicted molar refractivity (Wildman–Crippen MR) is 31.3 cm³/mol. The van der Waals surface area contributed by atoms with Gasteiger partial charge in [0.25, 0.3) is 0 Å². The summed E-state index contributed by atoms with van der Waals surface area (Å²) in [5.41, 5.74) is -1.14. The van der Waals surface area contributed by atoms with Crippen molar-refractivity contribution >= 4 is 18.0 Å². The molecule has 1 rings (SSSR count). The van der Waals surface area contributed by atoms with Gasteiger partial charge in [0.1, 0.15) is 0 Å². The molecule has 1 radical (unpaired) electrons. The Balaban J connectivity index is 2.31. The van der Waals surface area contributed by atoms with Crippen LogP contribution in [0.5, 0.6) is 0 Å². The fourth-order valence-corrected chi connectivity index (χ4v) is 0.996. The van der Waals surface area contributed by atoms with Gasteiger partial charge in [-0.2, -0.15) is 0 Å². The molecular weight excluding hydrogens is 167 g/mol. The molecule has 1 heterocycles. The van der Waals surface area contributed by atoms with Crippen LogP contribution in [0.15, 0.2) is 4.99 Å². The van der Waals surface area contributed by atoms with Gasteiger partial charge in [0.05, 0.1) is 5.75 Å². The van der Waals surface area contributed by atoms with Gasteiger partial charge in [-0.15, -0.1) is 13.2 Å². The maximum absolute atomic E-state index is 11.4. The number of ether oxygens (including phenoxy) is 1. The number of thioether (sulfide) groups is 1. The van der Waals surface area contributed by atoms with Crippen LogP contribution < -0.4 is 0 Å². The SMILES string of the molecule is FC(F)(F)OC1N=C[CH]S1. The Labute approximate surface area is 59.5 Å². The molecule has 1 aliphatic rings. The Morgan fingerprint density at radius 2 is 2.20 bits per heavy atom. The van der Waals surface area contributed by atoms with Gasteiger partial charge in [-0.3, -0.25) is 9.73 Å². The van der Waals surface area contributed by atoms with Gasteiger partial charge in [0.2, 0.25) is 5.56 Å². The van der Waals surface area contributed by atoms with Gasteiger partial charge in [0.15, 0.2) is 0 Å². The second kappa shape index (κ2) is 2.79. The van der Waals surface area contributed by atoms with Crippen LogP contribution in [0.25, 0.3) is 0 Å². The summed E-state index contributed by atoms with van der Waals surface area (Å²) < 4.78 is 37.7. The van der Waals surface area contributed by atoms with Crippen LogP contribution in [0, 0.1) is 5.75 Å². The molecule has 0 spiro atoms. The van der Waals surface area contributed by atoms with E-state index >= 15 is 0 Å². The molecule has 0 aromatic rings. The molecule has 6 heteroatoms. The Hall–Kier alpha value is -0.230. The lowest BCUT2D eigenvalue weighted by Gasteiger charge is -2.09. The van der Waals surface area contributed by atoms with E-state index in [9.17, 15) is 13.2 Å². The van der Waals surface area contributed by atoms with E-state index < -0.39 is 11.9 Å². The first-order chi connectivity index (χ1) is 4.58. The van der Waals surface area contributed by atoms with Crippen molar-refractivity contribution in [1.82, 2.24) is 0 Å². The molecule has 0 saturated carbocycles. The summed E-state index contributed by atoms with van der Waals surface area (Å²) in [6, 6.07) is 0. The number of alkyl halides is 3. The summed E-state index contributed by atoms with van der Waals surface area (Å²) in [6.07, 6.45) is -3.31. The van der Waals surface area contributed by atoms with Crippen LogP contribution in [0.3, 0.4) is 0 Å². The van der Waals surface area contributed by atoms with Gasteiger partial charge in [0, 0.05) is 6.21 Å².